The van der Waals surface area contributed by atoms with Crippen LogP contribution >= 0.6 is 0 Å². The first kappa shape index (κ1) is 19.1. The van der Waals surface area contributed by atoms with Gasteiger partial charge in [0.2, 0.25) is 0 Å². The number of benzene rings is 2. The number of piperidine rings is 1. The van der Waals surface area contributed by atoms with Crippen LogP contribution in [0.25, 0.3) is 0 Å². The lowest BCUT2D eigenvalue weighted by Gasteiger charge is -2.38. The van der Waals surface area contributed by atoms with Gasteiger partial charge >= 0.3 is 6.03 Å². The minimum absolute atomic E-state index is 0.0648. The van der Waals surface area contributed by atoms with Crippen molar-refractivity contribution in [2.75, 3.05) is 32.3 Å². The number of methoxy groups -OCH3 is 2. The standard InChI is InChI=1S/C21H24N4O4/c1-28-17-9-8-15(14-18(17)29-2)19(26)24-12-10-21(11-13-24)22-20(27)25(23-21)16-6-4-3-5-7-16/h3-9,14,23H,10-13H2,1-2H3,(H,22,27). The molecule has 2 heterocycles. The first-order chi connectivity index (χ1) is 14.0. The molecule has 0 unspecified atom stereocenters. The lowest BCUT2D eigenvalue weighted by molar-refractivity contribution is 0.0640. The van der Waals surface area contributed by atoms with Crippen molar-refractivity contribution in [2.45, 2.75) is 18.5 Å². The lowest BCUT2D eigenvalue weighted by Crippen LogP contribution is -2.58. The van der Waals surface area contributed by atoms with E-state index in [1.807, 2.05) is 30.3 Å². The summed E-state index contributed by atoms with van der Waals surface area (Å²) in [6.45, 7) is 1.06. The molecule has 0 saturated carbocycles. The Labute approximate surface area is 169 Å². The number of rotatable bonds is 4. The number of para-hydroxylation sites is 1. The highest BCUT2D eigenvalue weighted by atomic mass is 16.5. The quantitative estimate of drug-likeness (QED) is 0.829. The number of amides is 3. The van der Waals surface area contributed by atoms with E-state index >= 15 is 0 Å². The Morgan fingerprint density at radius 1 is 1.00 bits per heavy atom. The van der Waals surface area contributed by atoms with Gasteiger partial charge in [-0.25, -0.2) is 15.2 Å². The summed E-state index contributed by atoms with van der Waals surface area (Å²) >= 11 is 0. The fourth-order valence-electron chi connectivity index (χ4n) is 3.79. The molecule has 1 spiro atoms. The Balaban J connectivity index is 1.43. The molecule has 3 amide bonds. The van der Waals surface area contributed by atoms with Gasteiger partial charge in [-0.3, -0.25) is 4.79 Å². The van der Waals surface area contributed by atoms with Gasteiger partial charge in [0.25, 0.3) is 5.91 Å². The molecule has 8 heteroatoms. The van der Waals surface area contributed by atoms with Crippen molar-refractivity contribution >= 4 is 17.6 Å². The van der Waals surface area contributed by atoms with Gasteiger partial charge in [-0.1, -0.05) is 18.2 Å². The zero-order valence-corrected chi connectivity index (χ0v) is 16.5. The predicted octanol–water partition coefficient (Wildman–Crippen LogP) is 2.37. The molecule has 8 nitrogen and oxygen atoms in total. The Kier molecular flexibility index (Phi) is 5.02. The summed E-state index contributed by atoms with van der Waals surface area (Å²) in [5.41, 5.74) is 4.09. The van der Waals surface area contributed by atoms with Crippen LogP contribution in [0.1, 0.15) is 23.2 Å². The highest BCUT2D eigenvalue weighted by Crippen LogP contribution is 2.30. The number of ether oxygens (including phenoxy) is 2. The third-order valence-corrected chi connectivity index (χ3v) is 5.42. The van der Waals surface area contributed by atoms with E-state index in [4.69, 9.17) is 9.47 Å². The minimum atomic E-state index is -0.540. The smallest absolute Gasteiger partial charge is 0.338 e. The van der Waals surface area contributed by atoms with Crippen molar-refractivity contribution in [2.24, 2.45) is 0 Å². The molecule has 4 rings (SSSR count). The molecule has 0 bridgehead atoms. The van der Waals surface area contributed by atoms with E-state index in [1.165, 1.54) is 5.01 Å². The van der Waals surface area contributed by atoms with Crippen LogP contribution in [-0.4, -0.2) is 49.8 Å². The van der Waals surface area contributed by atoms with E-state index in [2.05, 4.69) is 10.7 Å². The minimum Gasteiger partial charge on any atom is -0.493 e. The number of carbonyl (C=O) groups is 2. The van der Waals surface area contributed by atoms with Crippen molar-refractivity contribution in [1.82, 2.24) is 15.6 Å². The first-order valence-electron chi connectivity index (χ1n) is 9.52. The van der Waals surface area contributed by atoms with Crippen LogP contribution in [0.3, 0.4) is 0 Å². The lowest BCUT2D eigenvalue weighted by atomic mass is 9.97. The van der Waals surface area contributed by atoms with Gasteiger partial charge in [0.05, 0.1) is 19.9 Å². The maximum absolute atomic E-state index is 12.9. The van der Waals surface area contributed by atoms with Crippen LogP contribution in [-0.2, 0) is 0 Å². The summed E-state index contributed by atoms with van der Waals surface area (Å²) in [5.74, 6) is 1.04. The summed E-state index contributed by atoms with van der Waals surface area (Å²) in [6.07, 6.45) is 1.22. The molecular weight excluding hydrogens is 372 g/mol. The maximum Gasteiger partial charge on any atom is 0.338 e. The van der Waals surface area contributed by atoms with Crippen molar-refractivity contribution in [3.05, 3.63) is 54.1 Å². The second kappa shape index (κ2) is 7.63. The molecule has 2 aliphatic heterocycles. The molecule has 0 radical (unpaired) electrons. The summed E-state index contributed by atoms with van der Waals surface area (Å²) in [6, 6.07) is 14.4. The summed E-state index contributed by atoms with van der Waals surface area (Å²) < 4.78 is 10.5. The number of likely N-dealkylation sites (tertiary alicyclic amines) is 1. The van der Waals surface area contributed by atoms with Gasteiger partial charge in [0, 0.05) is 31.5 Å². The van der Waals surface area contributed by atoms with E-state index in [9.17, 15) is 9.59 Å². The molecular formula is C21H24N4O4. The Hall–Kier alpha value is -3.26. The normalized spacial score (nSPS) is 17.9. The number of nitrogens with one attached hydrogen (secondary N) is 2. The van der Waals surface area contributed by atoms with Crippen molar-refractivity contribution < 1.29 is 19.1 Å². The van der Waals surface area contributed by atoms with Crippen molar-refractivity contribution in [3.63, 3.8) is 0 Å². The van der Waals surface area contributed by atoms with E-state index in [-0.39, 0.29) is 11.9 Å². The number of hydrogen-bond acceptors (Lipinski definition) is 5. The molecule has 0 aromatic heterocycles. The number of anilines is 1. The largest absolute Gasteiger partial charge is 0.493 e. The van der Waals surface area contributed by atoms with Gasteiger partial charge in [0.15, 0.2) is 11.5 Å². The molecule has 2 fully saturated rings. The third-order valence-electron chi connectivity index (χ3n) is 5.42. The van der Waals surface area contributed by atoms with E-state index in [0.717, 1.165) is 5.69 Å². The fourth-order valence-corrected chi connectivity index (χ4v) is 3.79. The topological polar surface area (TPSA) is 83.1 Å². The van der Waals surface area contributed by atoms with Crippen LogP contribution in [0.2, 0.25) is 0 Å². The van der Waals surface area contributed by atoms with Crippen LogP contribution in [0.5, 0.6) is 11.5 Å². The monoisotopic (exact) mass is 396 g/mol. The van der Waals surface area contributed by atoms with Gasteiger partial charge < -0.3 is 19.7 Å². The predicted molar refractivity (Wildman–Crippen MR) is 108 cm³/mol. The summed E-state index contributed by atoms with van der Waals surface area (Å²) in [5, 5.41) is 4.59. The Morgan fingerprint density at radius 2 is 1.69 bits per heavy atom. The fraction of sp³-hybridized carbons (Fsp3) is 0.333. The van der Waals surface area contributed by atoms with Crippen molar-refractivity contribution in [3.8, 4) is 11.5 Å². The zero-order valence-electron chi connectivity index (χ0n) is 16.5. The van der Waals surface area contributed by atoms with Crippen LogP contribution in [0.4, 0.5) is 10.5 Å². The van der Waals surface area contributed by atoms with Crippen molar-refractivity contribution in [1.29, 1.82) is 0 Å². The molecule has 0 aliphatic carbocycles. The molecule has 0 atom stereocenters. The average Bonchev–Trinajstić information content (AvgIpc) is 3.09. The Bertz CT molecular complexity index is 910. The van der Waals surface area contributed by atoms with Gasteiger partial charge in [-0.15, -0.1) is 0 Å². The average molecular weight is 396 g/mol. The first-order valence-corrected chi connectivity index (χ1v) is 9.52. The highest BCUT2D eigenvalue weighted by Gasteiger charge is 2.45. The third kappa shape index (κ3) is 3.58. The molecule has 152 valence electrons. The second-order valence-electron chi connectivity index (χ2n) is 7.16. The second-order valence-corrected chi connectivity index (χ2v) is 7.16. The van der Waals surface area contributed by atoms with Gasteiger partial charge in [0.1, 0.15) is 5.66 Å². The number of hydrazine groups is 1. The maximum atomic E-state index is 12.9. The number of hydrogen-bond donors (Lipinski definition) is 2. The van der Waals surface area contributed by atoms with E-state index < -0.39 is 5.66 Å². The number of urea groups is 1. The highest BCUT2D eigenvalue weighted by molar-refractivity contribution is 5.95. The summed E-state index contributed by atoms with van der Waals surface area (Å²) in [4.78, 5) is 27.2. The van der Waals surface area contributed by atoms with Crippen LogP contribution in [0, 0.1) is 0 Å². The molecule has 2 N–H and O–H groups in total. The van der Waals surface area contributed by atoms with E-state index in [0.29, 0.717) is 43.0 Å². The van der Waals surface area contributed by atoms with Gasteiger partial charge in [-0.2, -0.15) is 0 Å². The molecule has 2 aromatic rings. The molecule has 2 saturated heterocycles. The Morgan fingerprint density at radius 3 is 2.34 bits per heavy atom. The summed E-state index contributed by atoms with van der Waals surface area (Å²) in [7, 11) is 3.11. The molecule has 2 aromatic carbocycles. The molecule has 29 heavy (non-hydrogen) atoms. The number of carbonyl (C=O) groups excluding carboxylic acids is 2. The number of nitrogens with zero attached hydrogens (tertiary/aromatic N) is 2. The van der Waals surface area contributed by atoms with Crippen LogP contribution in [0.15, 0.2) is 48.5 Å². The zero-order chi connectivity index (χ0) is 20.4. The van der Waals surface area contributed by atoms with E-state index in [1.54, 1.807) is 37.3 Å². The molecule has 2 aliphatic rings. The van der Waals surface area contributed by atoms with Gasteiger partial charge in [-0.05, 0) is 30.3 Å². The SMILES string of the molecule is COc1ccc(C(=O)N2CCC3(CC2)NC(=O)N(c2ccccc2)N3)cc1OC. The van der Waals surface area contributed by atoms with Crippen LogP contribution < -0.4 is 25.2 Å².